The molecule has 0 aliphatic rings. The van der Waals surface area contributed by atoms with Gasteiger partial charge in [-0.3, -0.25) is 0 Å². The molecule has 0 saturated heterocycles. The number of aryl methyl sites for hydroxylation is 1. The smallest absolute Gasteiger partial charge is 0.161 e. The van der Waals surface area contributed by atoms with E-state index in [0.29, 0.717) is 11.5 Å². The maximum absolute atomic E-state index is 9.67. The molecule has 1 heterocycles. The lowest BCUT2D eigenvalue weighted by Crippen LogP contribution is -1.90. The molecule has 5 heteroatoms. The van der Waals surface area contributed by atoms with E-state index in [0.717, 1.165) is 21.1 Å². The Bertz CT molecular complexity index is 578. The van der Waals surface area contributed by atoms with E-state index < -0.39 is 6.10 Å². The summed E-state index contributed by atoms with van der Waals surface area (Å²) in [5, 5.41) is 10.5. The van der Waals surface area contributed by atoms with Crippen LogP contribution in [0, 0.1) is 6.92 Å². The lowest BCUT2D eigenvalue weighted by atomic mass is 10.2. The SMILES string of the molecule is COc1ccc(-c2nc(C)c(C(C)O)s2)cc1OC. The standard InChI is InChI=1S/C14H17NO3S/c1-8-13(9(2)16)19-14(15-8)10-5-6-11(17-3)12(7-10)18-4/h5-7,9,16H,1-4H3. The molecule has 0 bridgehead atoms. The maximum atomic E-state index is 9.67. The van der Waals surface area contributed by atoms with E-state index in [1.165, 1.54) is 11.3 Å². The predicted octanol–water partition coefficient (Wildman–Crippen LogP) is 3.19. The fraction of sp³-hybridized carbons (Fsp3) is 0.357. The fourth-order valence-corrected chi connectivity index (χ4v) is 2.89. The van der Waals surface area contributed by atoms with Crippen LogP contribution >= 0.6 is 11.3 Å². The number of rotatable bonds is 4. The Morgan fingerprint density at radius 2 is 1.89 bits per heavy atom. The molecule has 0 fully saturated rings. The van der Waals surface area contributed by atoms with Crippen molar-refractivity contribution in [1.82, 2.24) is 4.98 Å². The van der Waals surface area contributed by atoms with E-state index in [-0.39, 0.29) is 0 Å². The van der Waals surface area contributed by atoms with Gasteiger partial charge in [0.15, 0.2) is 11.5 Å². The molecule has 19 heavy (non-hydrogen) atoms. The monoisotopic (exact) mass is 279 g/mol. The Morgan fingerprint density at radius 1 is 1.21 bits per heavy atom. The summed E-state index contributed by atoms with van der Waals surface area (Å²) < 4.78 is 10.5. The Balaban J connectivity index is 2.44. The van der Waals surface area contributed by atoms with Gasteiger partial charge in [-0.1, -0.05) is 0 Å². The van der Waals surface area contributed by atoms with Gasteiger partial charge in [-0.05, 0) is 32.0 Å². The highest BCUT2D eigenvalue weighted by Crippen LogP contribution is 2.36. The molecule has 0 aliphatic carbocycles. The molecule has 1 atom stereocenters. The van der Waals surface area contributed by atoms with Crippen LogP contribution < -0.4 is 9.47 Å². The molecule has 0 aliphatic heterocycles. The number of aromatic nitrogens is 1. The molecule has 0 saturated carbocycles. The molecular weight excluding hydrogens is 262 g/mol. The van der Waals surface area contributed by atoms with Crippen molar-refractivity contribution in [2.24, 2.45) is 0 Å². The maximum Gasteiger partial charge on any atom is 0.161 e. The fourth-order valence-electron chi connectivity index (χ4n) is 1.89. The van der Waals surface area contributed by atoms with Crippen molar-refractivity contribution < 1.29 is 14.6 Å². The summed E-state index contributed by atoms with van der Waals surface area (Å²) in [6.45, 7) is 3.65. The highest BCUT2D eigenvalue weighted by Gasteiger charge is 2.14. The number of hydrogen-bond donors (Lipinski definition) is 1. The zero-order valence-electron chi connectivity index (χ0n) is 11.4. The van der Waals surface area contributed by atoms with Crippen molar-refractivity contribution in [2.75, 3.05) is 14.2 Å². The van der Waals surface area contributed by atoms with Crippen molar-refractivity contribution in [2.45, 2.75) is 20.0 Å². The van der Waals surface area contributed by atoms with Gasteiger partial charge >= 0.3 is 0 Å². The Hall–Kier alpha value is -1.59. The number of benzene rings is 1. The summed E-state index contributed by atoms with van der Waals surface area (Å²) in [4.78, 5) is 5.39. The van der Waals surface area contributed by atoms with Crippen LogP contribution in [0.25, 0.3) is 10.6 Å². The first-order chi connectivity index (χ1) is 9.06. The van der Waals surface area contributed by atoms with Crippen molar-refractivity contribution in [3.8, 4) is 22.1 Å². The third-order valence-corrected chi connectivity index (χ3v) is 4.22. The number of hydrogen-bond acceptors (Lipinski definition) is 5. The Kier molecular flexibility index (Phi) is 4.07. The molecule has 4 nitrogen and oxygen atoms in total. The van der Waals surface area contributed by atoms with Crippen molar-refractivity contribution in [1.29, 1.82) is 0 Å². The lowest BCUT2D eigenvalue weighted by Gasteiger charge is -2.08. The van der Waals surface area contributed by atoms with Gasteiger partial charge in [-0.25, -0.2) is 4.98 Å². The molecule has 0 radical (unpaired) electrons. The minimum absolute atomic E-state index is 0.494. The molecule has 1 aromatic heterocycles. The molecule has 2 rings (SSSR count). The Labute approximate surface area is 116 Å². The molecule has 1 N–H and O–H groups in total. The quantitative estimate of drug-likeness (QED) is 0.934. The van der Waals surface area contributed by atoms with Gasteiger partial charge in [0, 0.05) is 5.56 Å². The molecule has 2 aromatic rings. The van der Waals surface area contributed by atoms with E-state index in [2.05, 4.69) is 4.98 Å². The highest BCUT2D eigenvalue weighted by molar-refractivity contribution is 7.15. The second-order valence-corrected chi connectivity index (χ2v) is 5.25. The summed E-state index contributed by atoms with van der Waals surface area (Å²) >= 11 is 1.50. The lowest BCUT2D eigenvalue weighted by molar-refractivity contribution is 0.202. The van der Waals surface area contributed by atoms with Crippen LogP contribution in [-0.2, 0) is 0 Å². The number of ether oxygens (including phenoxy) is 2. The summed E-state index contributed by atoms with van der Waals surface area (Å²) in [7, 11) is 3.21. The average Bonchev–Trinajstić information content (AvgIpc) is 2.80. The third-order valence-electron chi connectivity index (χ3n) is 2.84. The summed E-state index contributed by atoms with van der Waals surface area (Å²) in [5.41, 5.74) is 1.82. The predicted molar refractivity (Wildman–Crippen MR) is 76.0 cm³/mol. The zero-order valence-corrected chi connectivity index (χ0v) is 12.2. The number of nitrogens with zero attached hydrogens (tertiary/aromatic N) is 1. The number of methoxy groups -OCH3 is 2. The average molecular weight is 279 g/mol. The molecular formula is C14H17NO3S. The largest absolute Gasteiger partial charge is 0.493 e. The molecule has 0 spiro atoms. The van der Waals surface area contributed by atoms with E-state index in [4.69, 9.17) is 9.47 Å². The minimum atomic E-state index is -0.494. The van der Waals surface area contributed by atoms with Crippen LogP contribution in [0.2, 0.25) is 0 Å². The van der Waals surface area contributed by atoms with Crippen LogP contribution in [0.15, 0.2) is 18.2 Å². The first-order valence-electron chi connectivity index (χ1n) is 5.94. The van der Waals surface area contributed by atoms with Crippen molar-refractivity contribution in [3.05, 3.63) is 28.8 Å². The second-order valence-electron chi connectivity index (χ2n) is 4.21. The third kappa shape index (κ3) is 2.72. The summed E-state index contributed by atoms with van der Waals surface area (Å²) in [6.07, 6.45) is -0.494. The Morgan fingerprint density at radius 3 is 2.42 bits per heavy atom. The van der Waals surface area contributed by atoms with Gasteiger partial charge in [-0.2, -0.15) is 0 Å². The van der Waals surface area contributed by atoms with Crippen LogP contribution in [0.4, 0.5) is 0 Å². The first kappa shape index (κ1) is 13.8. The minimum Gasteiger partial charge on any atom is -0.493 e. The van der Waals surface area contributed by atoms with Crippen molar-refractivity contribution in [3.63, 3.8) is 0 Å². The number of aliphatic hydroxyl groups excluding tert-OH is 1. The molecule has 1 unspecified atom stereocenters. The molecule has 0 amide bonds. The molecule has 102 valence electrons. The van der Waals surface area contributed by atoms with Crippen LogP contribution in [0.1, 0.15) is 23.6 Å². The van der Waals surface area contributed by atoms with Gasteiger partial charge in [0.05, 0.1) is 30.9 Å². The van der Waals surface area contributed by atoms with Gasteiger partial charge in [0.25, 0.3) is 0 Å². The van der Waals surface area contributed by atoms with Crippen LogP contribution in [0.3, 0.4) is 0 Å². The zero-order chi connectivity index (χ0) is 14.0. The van der Waals surface area contributed by atoms with Crippen molar-refractivity contribution >= 4 is 11.3 Å². The van der Waals surface area contributed by atoms with Crippen LogP contribution in [0.5, 0.6) is 11.5 Å². The van der Waals surface area contributed by atoms with E-state index in [1.54, 1.807) is 21.1 Å². The van der Waals surface area contributed by atoms with E-state index >= 15 is 0 Å². The molecule has 1 aromatic carbocycles. The van der Waals surface area contributed by atoms with Gasteiger partial charge in [0.2, 0.25) is 0 Å². The summed E-state index contributed by atoms with van der Waals surface area (Å²) in [6, 6.07) is 5.68. The topological polar surface area (TPSA) is 51.6 Å². The second kappa shape index (κ2) is 5.59. The normalized spacial score (nSPS) is 12.3. The van der Waals surface area contributed by atoms with E-state index in [9.17, 15) is 5.11 Å². The van der Waals surface area contributed by atoms with Gasteiger partial charge in [-0.15, -0.1) is 11.3 Å². The number of thiazole rings is 1. The summed E-state index contributed by atoms with van der Waals surface area (Å²) in [5.74, 6) is 1.36. The van der Waals surface area contributed by atoms with Crippen LogP contribution in [-0.4, -0.2) is 24.3 Å². The highest BCUT2D eigenvalue weighted by atomic mass is 32.1. The van der Waals surface area contributed by atoms with Gasteiger partial charge in [0.1, 0.15) is 5.01 Å². The number of aliphatic hydroxyl groups is 1. The first-order valence-corrected chi connectivity index (χ1v) is 6.76. The van der Waals surface area contributed by atoms with Gasteiger partial charge < -0.3 is 14.6 Å². The van der Waals surface area contributed by atoms with E-state index in [1.807, 2.05) is 25.1 Å².